The number of hydroxylamine groups is 1. The molecule has 0 saturated carbocycles. The van der Waals surface area contributed by atoms with Crippen molar-refractivity contribution in [1.82, 2.24) is 0 Å². The minimum atomic E-state index is 0. The van der Waals surface area contributed by atoms with Gasteiger partial charge in [-0.3, -0.25) is 0 Å². The van der Waals surface area contributed by atoms with Gasteiger partial charge in [0, 0.05) is 32.7 Å². The van der Waals surface area contributed by atoms with Crippen LogP contribution in [0.1, 0.15) is 0 Å². The second-order valence-electron chi connectivity index (χ2n) is 1.59. The topological polar surface area (TPSA) is 23.3 Å². The van der Waals surface area contributed by atoms with Crippen LogP contribution in [0.25, 0.3) is 5.48 Å². The van der Waals surface area contributed by atoms with Crippen molar-refractivity contribution in [2.45, 2.75) is 0 Å². The van der Waals surface area contributed by atoms with Crippen LogP contribution in [0.3, 0.4) is 0 Å². The summed E-state index contributed by atoms with van der Waals surface area (Å²) in [5.74, 6) is 0.778. The Kier molecular flexibility index (Phi) is 5.89. The molecule has 0 aliphatic heterocycles. The van der Waals surface area contributed by atoms with E-state index in [1.54, 1.807) is 7.05 Å². The number of rotatable bonds is 2. The molecule has 2 nitrogen and oxygen atoms in total. The van der Waals surface area contributed by atoms with Crippen LogP contribution in [0.2, 0.25) is 0 Å². The molecule has 0 aromatic heterocycles. The van der Waals surface area contributed by atoms with Crippen LogP contribution in [0.5, 0.6) is 5.75 Å². The second kappa shape index (κ2) is 5.84. The van der Waals surface area contributed by atoms with Gasteiger partial charge in [0.05, 0.1) is 0 Å². The van der Waals surface area contributed by atoms with Crippen molar-refractivity contribution in [3.63, 3.8) is 0 Å². The summed E-state index contributed by atoms with van der Waals surface area (Å²) in [7, 11) is 1.60. The zero-order valence-corrected chi connectivity index (χ0v) is 8.66. The van der Waals surface area contributed by atoms with Crippen LogP contribution in [-0.4, -0.2) is 7.05 Å². The fourth-order valence-electron chi connectivity index (χ4n) is 0.587. The van der Waals surface area contributed by atoms with E-state index in [9.17, 15) is 0 Å². The smallest absolute Gasteiger partial charge is 0.101 e. The normalized spacial score (nSPS) is 8.10. The number of hydrogen-bond donors (Lipinski definition) is 0. The van der Waals surface area contributed by atoms with Crippen molar-refractivity contribution in [3.05, 3.63) is 35.8 Å². The quantitative estimate of drug-likeness (QED) is 0.686. The van der Waals surface area contributed by atoms with Gasteiger partial charge in [-0.25, -0.2) is 0 Å². The van der Waals surface area contributed by atoms with E-state index in [1.165, 1.54) is 0 Å². The predicted octanol–water partition coefficient (Wildman–Crippen LogP) is 1.98. The van der Waals surface area contributed by atoms with Gasteiger partial charge in [-0.2, -0.15) is 0 Å². The van der Waals surface area contributed by atoms with Gasteiger partial charge in [0.15, 0.2) is 0 Å². The van der Waals surface area contributed by atoms with Gasteiger partial charge in [-0.05, 0) is 12.1 Å². The molecule has 1 aromatic rings. The Morgan fingerprint density at radius 2 is 1.80 bits per heavy atom. The molecule has 0 aliphatic rings. The number of hydrogen-bond acceptors (Lipinski definition) is 1. The van der Waals surface area contributed by atoms with Crippen molar-refractivity contribution in [1.29, 1.82) is 0 Å². The maximum Gasteiger partial charge on any atom is 0.101 e. The van der Waals surface area contributed by atoms with Gasteiger partial charge in [-0.15, -0.1) is 7.05 Å². The molecule has 10 heavy (non-hydrogen) atoms. The Bertz CT molecular complexity index is 167. The molecule has 0 atom stereocenters. The molecule has 51 valence electrons. The maximum absolute atomic E-state index is 4.83. The molecule has 0 amide bonds. The molecule has 0 fully saturated rings. The fraction of sp³-hybridized carbons (Fsp3) is 0.143. The van der Waals surface area contributed by atoms with Gasteiger partial charge in [0.25, 0.3) is 0 Å². The molecule has 0 saturated heterocycles. The minimum absolute atomic E-state index is 0. The molecule has 0 heterocycles. The van der Waals surface area contributed by atoms with Crippen LogP contribution >= 0.6 is 0 Å². The molecular weight excluding hydrogens is 203 g/mol. The Labute approximate surface area is 85.8 Å². The third kappa shape index (κ3) is 3.30. The van der Waals surface area contributed by atoms with Crippen LogP contribution < -0.4 is 4.84 Å². The first-order chi connectivity index (χ1) is 4.43. The molecule has 1 radical (unpaired) electrons. The van der Waals surface area contributed by atoms with Crippen LogP contribution in [0.15, 0.2) is 30.3 Å². The van der Waals surface area contributed by atoms with E-state index in [1.807, 2.05) is 30.3 Å². The van der Waals surface area contributed by atoms with E-state index in [-0.39, 0.29) is 32.7 Å². The van der Waals surface area contributed by atoms with E-state index in [4.69, 9.17) is 4.84 Å². The summed E-state index contributed by atoms with van der Waals surface area (Å²) in [4.78, 5) is 4.83. The molecule has 0 N–H and O–H groups in total. The zero-order chi connectivity index (χ0) is 6.53. The summed E-state index contributed by atoms with van der Waals surface area (Å²) in [6.45, 7) is 0. The SMILES string of the molecule is C[N-]Oc1ccccc1.[Y]. The molecule has 0 bridgehead atoms. The van der Waals surface area contributed by atoms with Gasteiger partial charge in [0.1, 0.15) is 5.75 Å². The Balaban J connectivity index is 0.000000810. The fourth-order valence-corrected chi connectivity index (χ4v) is 0.587. The van der Waals surface area contributed by atoms with E-state index >= 15 is 0 Å². The molecule has 1 aromatic carbocycles. The zero-order valence-electron chi connectivity index (χ0n) is 5.82. The summed E-state index contributed by atoms with van der Waals surface area (Å²) >= 11 is 0. The Morgan fingerprint density at radius 3 is 2.30 bits per heavy atom. The number of para-hydroxylation sites is 1. The third-order valence-electron chi connectivity index (χ3n) is 0.940. The summed E-state index contributed by atoms with van der Waals surface area (Å²) < 4.78 is 0. The summed E-state index contributed by atoms with van der Waals surface area (Å²) in [5, 5.41) is 0. The minimum Gasteiger partial charge on any atom is -0.587 e. The van der Waals surface area contributed by atoms with Crippen molar-refractivity contribution >= 4 is 0 Å². The summed E-state index contributed by atoms with van der Waals surface area (Å²) in [6, 6.07) is 9.45. The van der Waals surface area contributed by atoms with Gasteiger partial charge >= 0.3 is 0 Å². The predicted molar refractivity (Wildman–Crippen MR) is 36.4 cm³/mol. The Morgan fingerprint density at radius 1 is 1.20 bits per heavy atom. The van der Waals surface area contributed by atoms with Gasteiger partial charge in [-0.1, -0.05) is 18.2 Å². The Hall–Kier alpha value is 0.0839. The van der Waals surface area contributed by atoms with Gasteiger partial charge in [0.2, 0.25) is 0 Å². The first-order valence-corrected chi connectivity index (χ1v) is 2.74. The van der Waals surface area contributed by atoms with Crippen molar-refractivity contribution in [2.24, 2.45) is 0 Å². The van der Waals surface area contributed by atoms with E-state index in [0.717, 1.165) is 5.75 Å². The van der Waals surface area contributed by atoms with E-state index in [2.05, 4.69) is 5.48 Å². The number of nitrogens with zero attached hydrogens (tertiary/aromatic N) is 1. The average Bonchev–Trinajstić information content (AvgIpc) is 1.91. The molecule has 0 spiro atoms. The van der Waals surface area contributed by atoms with Crippen LogP contribution in [-0.2, 0) is 32.7 Å². The molecule has 1 rings (SSSR count). The van der Waals surface area contributed by atoms with E-state index in [0.29, 0.717) is 0 Å². The monoisotopic (exact) mass is 211 g/mol. The first-order valence-electron chi connectivity index (χ1n) is 2.74. The maximum atomic E-state index is 4.83. The third-order valence-corrected chi connectivity index (χ3v) is 0.940. The largest absolute Gasteiger partial charge is 0.587 e. The summed E-state index contributed by atoms with van der Waals surface area (Å²) in [5.41, 5.74) is 3.51. The first kappa shape index (κ1) is 10.1. The average molecular weight is 211 g/mol. The summed E-state index contributed by atoms with van der Waals surface area (Å²) in [6.07, 6.45) is 0. The van der Waals surface area contributed by atoms with Crippen molar-refractivity contribution in [3.8, 4) is 5.75 Å². The molecule has 0 aliphatic carbocycles. The molecule has 0 unspecified atom stereocenters. The van der Waals surface area contributed by atoms with Crippen LogP contribution in [0.4, 0.5) is 0 Å². The van der Waals surface area contributed by atoms with E-state index < -0.39 is 0 Å². The second-order valence-corrected chi connectivity index (χ2v) is 1.59. The molecular formula is C7H8NOY-. The van der Waals surface area contributed by atoms with Crippen molar-refractivity contribution < 1.29 is 37.5 Å². The number of benzene rings is 1. The van der Waals surface area contributed by atoms with Gasteiger partial charge < -0.3 is 10.3 Å². The molecule has 3 heteroatoms. The van der Waals surface area contributed by atoms with Crippen molar-refractivity contribution in [2.75, 3.05) is 7.05 Å². The van der Waals surface area contributed by atoms with Crippen LogP contribution in [0, 0.1) is 0 Å². The standard InChI is InChI=1S/C7H8NO.Y/c1-8-9-7-5-3-2-4-6-7;/h2-6H,1H3;/q-1;.